The second kappa shape index (κ2) is 5.69. The van der Waals surface area contributed by atoms with Crippen LogP contribution in [-0.2, 0) is 9.53 Å². The molecule has 0 aliphatic carbocycles. The van der Waals surface area contributed by atoms with Gasteiger partial charge in [0.05, 0.1) is 5.41 Å². The van der Waals surface area contributed by atoms with Crippen LogP contribution < -0.4 is 0 Å². The van der Waals surface area contributed by atoms with Gasteiger partial charge in [-0.15, -0.1) is 0 Å². The Morgan fingerprint density at radius 1 is 0.913 bits per heavy atom. The van der Waals surface area contributed by atoms with E-state index in [0.29, 0.717) is 0 Å². The molecule has 3 rings (SSSR count). The summed E-state index contributed by atoms with van der Waals surface area (Å²) in [5.41, 5.74) is 0.575. The van der Waals surface area contributed by atoms with Crippen molar-refractivity contribution in [3.8, 4) is 0 Å². The third-order valence-electron chi connectivity index (χ3n) is 4.12. The molecule has 0 aliphatic heterocycles. The number of benzene rings is 3. The van der Waals surface area contributed by atoms with Crippen molar-refractivity contribution in [3.05, 3.63) is 60.2 Å². The Balaban J connectivity index is 2.18. The zero-order valence-electron chi connectivity index (χ0n) is 14.1. The molecule has 0 bridgehead atoms. The Bertz CT molecular complexity index is 818. The van der Waals surface area contributed by atoms with Gasteiger partial charge in [-0.25, -0.2) is 0 Å². The fraction of sp³-hybridized carbons (Fsp3) is 0.286. The molecule has 2 nitrogen and oxygen atoms in total. The monoisotopic (exact) mass is 306 g/mol. The molecule has 0 saturated carbocycles. The van der Waals surface area contributed by atoms with Gasteiger partial charge in [-0.2, -0.15) is 0 Å². The number of hydrogen-bond donors (Lipinski definition) is 0. The molecule has 0 saturated heterocycles. The number of esters is 1. The normalized spacial score (nSPS) is 13.2. The summed E-state index contributed by atoms with van der Waals surface area (Å²) >= 11 is 0. The fourth-order valence-electron chi connectivity index (χ4n) is 2.88. The predicted octanol–water partition coefficient (Wildman–Crippen LogP) is 5.64. The first-order valence-electron chi connectivity index (χ1n) is 7.99. The van der Waals surface area contributed by atoms with Gasteiger partial charge in [0.2, 0.25) is 0 Å². The minimum absolute atomic E-state index is 0.179. The van der Waals surface area contributed by atoms with Crippen molar-refractivity contribution in [2.24, 2.45) is 5.41 Å². The van der Waals surface area contributed by atoms with Crippen molar-refractivity contribution >= 4 is 27.5 Å². The summed E-state index contributed by atoms with van der Waals surface area (Å²) in [5, 5.41) is 4.61. The third-order valence-corrected chi connectivity index (χ3v) is 4.12. The smallest absolute Gasteiger partial charge is 0.311 e. The molecule has 1 unspecified atom stereocenters. The zero-order valence-corrected chi connectivity index (χ0v) is 14.1. The second-order valence-corrected chi connectivity index (χ2v) is 7.03. The number of hydrogen-bond acceptors (Lipinski definition) is 2. The molecule has 3 aromatic rings. The number of fused-ring (bicyclic) bond motifs is 2. The van der Waals surface area contributed by atoms with Gasteiger partial charge in [0, 0.05) is 5.56 Å². The summed E-state index contributed by atoms with van der Waals surface area (Å²) in [6.45, 7) is 7.59. The number of carbonyl (C=O) groups excluding carboxylic acids is 1. The van der Waals surface area contributed by atoms with E-state index in [4.69, 9.17) is 4.74 Å². The molecule has 0 heterocycles. The van der Waals surface area contributed by atoms with Crippen LogP contribution in [-0.4, -0.2) is 5.97 Å². The van der Waals surface area contributed by atoms with Crippen LogP contribution in [0.2, 0.25) is 0 Å². The molecule has 1 atom stereocenters. The molecular weight excluding hydrogens is 284 g/mol. The Morgan fingerprint density at radius 3 is 1.87 bits per heavy atom. The molecule has 0 aliphatic rings. The lowest BCUT2D eigenvalue weighted by molar-refractivity contribution is -0.158. The Kier molecular flexibility index (Phi) is 3.85. The zero-order chi connectivity index (χ0) is 16.6. The van der Waals surface area contributed by atoms with Gasteiger partial charge in [-0.05, 0) is 55.3 Å². The van der Waals surface area contributed by atoms with E-state index in [2.05, 4.69) is 30.3 Å². The van der Waals surface area contributed by atoms with Crippen LogP contribution >= 0.6 is 0 Å². The summed E-state index contributed by atoms with van der Waals surface area (Å²) in [7, 11) is 0. The Hall–Kier alpha value is -2.35. The standard InChI is InChI=1S/C21H22O2/c1-14(23-20(22)21(2,3)4)19-17-11-7-5-9-15(17)13-16-10-6-8-12-18(16)19/h5-14H,1-4H3. The highest BCUT2D eigenvalue weighted by atomic mass is 16.5. The third kappa shape index (κ3) is 2.94. The molecule has 23 heavy (non-hydrogen) atoms. The van der Waals surface area contributed by atoms with Gasteiger partial charge in [0.1, 0.15) is 6.10 Å². The summed E-state index contributed by atoms with van der Waals surface area (Å²) < 4.78 is 5.78. The molecule has 118 valence electrons. The van der Waals surface area contributed by atoms with E-state index < -0.39 is 5.41 Å². The molecule has 2 heteroatoms. The minimum atomic E-state index is -0.505. The van der Waals surface area contributed by atoms with Crippen molar-refractivity contribution in [2.75, 3.05) is 0 Å². The highest BCUT2D eigenvalue weighted by molar-refractivity contribution is 6.02. The lowest BCUT2D eigenvalue weighted by Gasteiger charge is -2.23. The van der Waals surface area contributed by atoms with Gasteiger partial charge in [0.25, 0.3) is 0 Å². The van der Waals surface area contributed by atoms with Crippen LogP contribution in [0.5, 0.6) is 0 Å². The van der Waals surface area contributed by atoms with E-state index in [-0.39, 0.29) is 12.1 Å². The average molecular weight is 306 g/mol. The van der Waals surface area contributed by atoms with Gasteiger partial charge >= 0.3 is 5.97 Å². The fourth-order valence-corrected chi connectivity index (χ4v) is 2.88. The van der Waals surface area contributed by atoms with Crippen LogP contribution in [0.25, 0.3) is 21.5 Å². The molecule has 0 aromatic heterocycles. The van der Waals surface area contributed by atoms with Crippen molar-refractivity contribution in [1.82, 2.24) is 0 Å². The predicted molar refractivity (Wildman–Crippen MR) is 95.4 cm³/mol. The Morgan fingerprint density at radius 2 is 1.39 bits per heavy atom. The molecule has 0 spiro atoms. The van der Waals surface area contributed by atoms with E-state index in [9.17, 15) is 4.79 Å². The first kappa shape index (κ1) is 15.5. The van der Waals surface area contributed by atoms with Crippen LogP contribution in [0.1, 0.15) is 39.4 Å². The number of carbonyl (C=O) groups is 1. The van der Waals surface area contributed by atoms with Crippen LogP contribution in [0, 0.1) is 5.41 Å². The minimum Gasteiger partial charge on any atom is -0.457 e. The summed E-state index contributed by atoms with van der Waals surface area (Å²) in [4.78, 5) is 12.3. The van der Waals surface area contributed by atoms with E-state index in [0.717, 1.165) is 16.3 Å². The topological polar surface area (TPSA) is 26.3 Å². The maximum atomic E-state index is 12.3. The van der Waals surface area contributed by atoms with Crippen LogP contribution in [0.4, 0.5) is 0 Å². The van der Waals surface area contributed by atoms with Crippen molar-refractivity contribution in [1.29, 1.82) is 0 Å². The van der Waals surface area contributed by atoms with E-state index in [1.807, 2.05) is 52.0 Å². The largest absolute Gasteiger partial charge is 0.457 e. The van der Waals surface area contributed by atoms with E-state index in [1.54, 1.807) is 0 Å². The Labute approximate surface area is 137 Å². The lowest BCUT2D eigenvalue weighted by atomic mass is 9.93. The quantitative estimate of drug-likeness (QED) is 0.452. The van der Waals surface area contributed by atoms with Crippen LogP contribution in [0.3, 0.4) is 0 Å². The average Bonchev–Trinajstić information content (AvgIpc) is 2.51. The summed E-state index contributed by atoms with van der Waals surface area (Å²) in [6, 6.07) is 18.7. The maximum Gasteiger partial charge on any atom is 0.311 e. The second-order valence-electron chi connectivity index (χ2n) is 7.03. The molecule has 0 radical (unpaired) electrons. The number of ether oxygens (including phenoxy) is 1. The maximum absolute atomic E-state index is 12.3. The molecule has 3 aromatic carbocycles. The summed E-state index contributed by atoms with van der Waals surface area (Å²) in [5.74, 6) is -0.179. The van der Waals surface area contributed by atoms with Gasteiger partial charge in [-0.3, -0.25) is 4.79 Å². The summed E-state index contributed by atoms with van der Waals surface area (Å²) in [6.07, 6.45) is -0.294. The number of rotatable bonds is 2. The highest BCUT2D eigenvalue weighted by Crippen LogP contribution is 2.35. The molecule has 0 fully saturated rings. The first-order chi connectivity index (χ1) is 10.9. The molecule has 0 N–H and O–H groups in total. The van der Waals surface area contributed by atoms with Crippen molar-refractivity contribution in [3.63, 3.8) is 0 Å². The SMILES string of the molecule is CC(OC(=O)C(C)(C)C)c1c2ccccc2cc2ccccc12. The highest BCUT2D eigenvalue weighted by Gasteiger charge is 2.26. The van der Waals surface area contributed by atoms with Gasteiger partial charge in [-0.1, -0.05) is 48.5 Å². The van der Waals surface area contributed by atoms with E-state index in [1.165, 1.54) is 10.8 Å². The van der Waals surface area contributed by atoms with E-state index >= 15 is 0 Å². The molecule has 0 amide bonds. The van der Waals surface area contributed by atoms with Crippen molar-refractivity contribution < 1.29 is 9.53 Å². The van der Waals surface area contributed by atoms with Gasteiger partial charge < -0.3 is 4.74 Å². The first-order valence-corrected chi connectivity index (χ1v) is 7.99. The van der Waals surface area contributed by atoms with Crippen LogP contribution in [0.15, 0.2) is 54.6 Å². The van der Waals surface area contributed by atoms with Gasteiger partial charge in [0.15, 0.2) is 0 Å². The lowest BCUT2D eigenvalue weighted by Crippen LogP contribution is -2.24. The molecular formula is C21H22O2. The van der Waals surface area contributed by atoms with Crippen molar-refractivity contribution in [2.45, 2.75) is 33.8 Å².